The predicted octanol–water partition coefficient (Wildman–Crippen LogP) is 3.41. The molecule has 0 aliphatic rings. The topological polar surface area (TPSA) is 84.5 Å². The van der Waals surface area contributed by atoms with Crippen molar-refractivity contribution in [2.75, 3.05) is 6.61 Å². The second-order valence-corrected chi connectivity index (χ2v) is 8.19. The zero-order valence-electron chi connectivity index (χ0n) is 18.9. The van der Waals surface area contributed by atoms with Crippen LogP contribution in [0.3, 0.4) is 0 Å². The van der Waals surface area contributed by atoms with Gasteiger partial charge in [0.25, 0.3) is 5.91 Å². The number of ether oxygens (including phenoxy) is 1. The lowest BCUT2D eigenvalue weighted by Crippen LogP contribution is -2.46. The number of hydrogen-bond donors (Lipinski definition) is 2. The molecule has 2 aromatic rings. The molecule has 0 aliphatic carbocycles. The number of rotatable bonds is 9. The van der Waals surface area contributed by atoms with Crippen LogP contribution in [0.25, 0.3) is 0 Å². The molecule has 0 saturated heterocycles. The van der Waals surface area contributed by atoms with E-state index in [2.05, 4.69) is 10.6 Å². The number of hydrogen-bond acceptors (Lipinski definition) is 4. The van der Waals surface area contributed by atoms with E-state index in [1.807, 2.05) is 83.1 Å². The van der Waals surface area contributed by atoms with Crippen molar-refractivity contribution in [2.45, 2.75) is 53.1 Å². The van der Waals surface area contributed by atoms with Gasteiger partial charge < -0.3 is 15.4 Å². The van der Waals surface area contributed by atoms with E-state index in [-0.39, 0.29) is 24.3 Å². The van der Waals surface area contributed by atoms with E-state index in [1.54, 1.807) is 0 Å². The lowest BCUT2D eigenvalue weighted by molar-refractivity contribution is -0.152. The van der Waals surface area contributed by atoms with Gasteiger partial charge in [-0.05, 0) is 48.9 Å². The molecule has 2 atom stereocenters. The van der Waals surface area contributed by atoms with Gasteiger partial charge in [0.1, 0.15) is 6.04 Å². The minimum absolute atomic E-state index is 0.172. The number of carbonyl (C=O) groups excluding carboxylic acids is 3. The Morgan fingerprint density at radius 3 is 2.16 bits per heavy atom. The highest BCUT2D eigenvalue weighted by Gasteiger charge is 2.26. The van der Waals surface area contributed by atoms with E-state index in [0.717, 1.165) is 16.7 Å². The summed E-state index contributed by atoms with van der Waals surface area (Å²) in [4.78, 5) is 37.1. The van der Waals surface area contributed by atoms with Crippen LogP contribution in [0.5, 0.6) is 0 Å². The van der Waals surface area contributed by atoms with Crippen molar-refractivity contribution < 1.29 is 19.1 Å². The zero-order chi connectivity index (χ0) is 23.0. The van der Waals surface area contributed by atoms with Crippen molar-refractivity contribution in [1.82, 2.24) is 10.6 Å². The SMILES string of the molecule is Cc1ccc(C(C)NC(=O)COC(=O)[C@@H](NC(=O)Cc2ccccc2)C(C)C)cc1C. The maximum atomic E-state index is 12.5. The number of esters is 1. The number of nitrogens with one attached hydrogen (secondary N) is 2. The Hall–Kier alpha value is -3.15. The molecule has 31 heavy (non-hydrogen) atoms. The van der Waals surface area contributed by atoms with Gasteiger partial charge in [0.05, 0.1) is 12.5 Å². The maximum absolute atomic E-state index is 12.5. The third kappa shape index (κ3) is 7.55. The smallest absolute Gasteiger partial charge is 0.329 e. The van der Waals surface area contributed by atoms with E-state index in [9.17, 15) is 14.4 Å². The number of carbonyl (C=O) groups is 3. The van der Waals surface area contributed by atoms with Crippen LogP contribution < -0.4 is 10.6 Å². The number of aryl methyl sites for hydroxylation is 2. The summed E-state index contributed by atoms with van der Waals surface area (Å²) in [5, 5.41) is 5.56. The first kappa shape index (κ1) is 24.1. The first-order chi connectivity index (χ1) is 14.7. The first-order valence-electron chi connectivity index (χ1n) is 10.5. The van der Waals surface area contributed by atoms with Crippen molar-refractivity contribution in [2.24, 2.45) is 5.92 Å². The molecule has 0 radical (unpaired) electrons. The fourth-order valence-electron chi connectivity index (χ4n) is 3.13. The van der Waals surface area contributed by atoms with E-state index in [0.29, 0.717) is 0 Å². The summed E-state index contributed by atoms with van der Waals surface area (Å²) in [6.45, 7) is 9.17. The summed E-state index contributed by atoms with van der Waals surface area (Å²) in [7, 11) is 0. The van der Waals surface area contributed by atoms with Crippen molar-refractivity contribution in [3.05, 3.63) is 70.8 Å². The Kier molecular flexibility index (Phi) is 8.79. The molecular formula is C25H32N2O4. The molecule has 0 aromatic heterocycles. The second kappa shape index (κ2) is 11.3. The Morgan fingerprint density at radius 2 is 1.55 bits per heavy atom. The molecule has 6 heteroatoms. The van der Waals surface area contributed by atoms with E-state index in [1.165, 1.54) is 5.56 Å². The van der Waals surface area contributed by atoms with E-state index in [4.69, 9.17) is 4.74 Å². The van der Waals surface area contributed by atoms with E-state index >= 15 is 0 Å². The van der Waals surface area contributed by atoms with Crippen LogP contribution in [-0.4, -0.2) is 30.4 Å². The number of benzene rings is 2. The highest BCUT2D eigenvalue weighted by atomic mass is 16.5. The van der Waals surface area contributed by atoms with Gasteiger partial charge in [-0.3, -0.25) is 9.59 Å². The van der Waals surface area contributed by atoms with Crippen molar-refractivity contribution in [3.8, 4) is 0 Å². The van der Waals surface area contributed by atoms with Gasteiger partial charge in [0.15, 0.2) is 6.61 Å². The van der Waals surface area contributed by atoms with Crippen LogP contribution in [0.4, 0.5) is 0 Å². The van der Waals surface area contributed by atoms with Gasteiger partial charge in [-0.1, -0.05) is 62.4 Å². The average Bonchev–Trinajstić information content (AvgIpc) is 2.72. The van der Waals surface area contributed by atoms with Gasteiger partial charge in [0, 0.05) is 0 Å². The Balaban J connectivity index is 1.86. The van der Waals surface area contributed by atoms with Crippen LogP contribution in [0.15, 0.2) is 48.5 Å². The minimum atomic E-state index is -0.818. The fourth-order valence-corrected chi connectivity index (χ4v) is 3.13. The Bertz CT molecular complexity index is 909. The summed E-state index contributed by atoms with van der Waals surface area (Å²) in [5.74, 6) is -1.46. The Labute approximate surface area is 184 Å². The normalized spacial score (nSPS) is 12.7. The molecule has 0 spiro atoms. The monoisotopic (exact) mass is 424 g/mol. The molecule has 2 N–H and O–H groups in total. The summed E-state index contributed by atoms with van der Waals surface area (Å²) >= 11 is 0. The van der Waals surface area contributed by atoms with Gasteiger partial charge in [-0.25, -0.2) is 4.79 Å². The van der Waals surface area contributed by atoms with Crippen molar-refractivity contribution in [1.29, 1.82) is 0 Å². The summed E-state index contributed by atoms with van der Waals surface area (Å²) in [5.41, 5.74) is 4.17. The van der Waals surface area contributed by atoms with Crippen molar-refractivity contribution >= 4 is 17.8 Å². The highest BCUT2D eigenvalue weighted by Crippen LogP contribution is 2.16. The minimum Gasteiger partial charge on any atom is -0.454 e. The lowest BCUT2D eigenvalue weighted by Gasteiger charge is -2.21. The molecule has 0 aliphatic heterocycles. The molecule has 2 aromatic carbocycles. The maximum Gasteiger partial charge on any atom is 0.329 e. The third-order valence-corrected chi connectivity index (χ3v) is 5.20. The summed E-state index contributed by atoms with van der Waals surface area (Å²) in [6, 6.07) is 14.3. The third-order valence-electron chi connectivity index (χ3n) is 5.20. The molecule has 0 saturated carbocycles. The van der Waals surface area contributed by atoms with Crippen LogP contribution >= 0.6 is 0 Å². The van der Waals surface area contributed by atoms with Crippen LogP contribution in [-0.2, 0) is 25.5 Å². The molecule has 2 amide bonds. The van der Waals surface area contributed by atoms with Gasteiger partial charge in [-0.15, -0.1) is 0 Å². The fraction of sp³-hybridized carbons (Fsp3) is 0.400. The van der Waals surface area contributed by atoms with Gasteiger partial charge in [0.2, 0.25) is 5.91 Å². The standard InChI is InChI=1S/C25H32N2O4/c1-16(2)24(27-22(28)14-20-9-7-6-8-10-20)25(30)31-15-23(29)26-19(5)21-12-11-17(3)18(4)13-21/h6-13,16,19,24H,14-15H2,1-5H3,(H,26,29)(H,27,28)/t19?,24-/m0/s1. The molecule has 6 nitrogen and oxygen atoms in total. The summed E-state index contributed by atoms with van der Waals surface area (Å²) in [6.07, 6.45) is 0.172. The average molecular weight is 425 g/mol. The van der Waals surface area contributed by atoms with E-state index < -0.39 is 24.5 Å². The summed E-state index contributed by atoms with van der Waals surface area (Å²) < 4.78 is 5.19. The highest BCUT2D eigenvalue weighted by molar-refractivity contribution is 5.87. The van der Waals surface area contributed by atoms with Crippen LogP contribution in [0.1, 0.15) is 49.1 Å². The molecule has 1 unspecified atom stereocenters. The van der Waals surface area contributed by atoms with Crippen molar-refractivity contribution in [3.63, 3.8) is 0 Å². The second-order valence-electron chi connectivity index (χ2n) is 8.19. The lowest BCUT2D eigenvalue weighted by atomic mass is 10.0. The molecule has 0 heterocycles. The molecular weight excluding hydrogens is 392 g/mol. The zero-order valence-corrected chi connectivity index (χ0v) is 18.9. The van der Waals surface area contributed by atoms with Gasteiger partial charge >= 0.3 is 5.97 Å². The van der Waals surface area contributed by atoms with Crippen LogP contribution in [0, 0.1) is 19.8 Å². The predicted molar refractivity (Wildman–Crippen MR) is 120 cm³/mol. The first-order valence-corrected chi connectivity index (χ1v) is 10.5. The number of amides is 2. The molecule has 166 valence electrons. The quantitative estimate of drug-likeness (QED) is 0.604. The van der Waals surface area contributed by atoms with Gasteiger partial charge in [-0.2, -0.15) is 0 Å². The van der Waals surface area contributed by atoms with Crippen LogP contribution in [0.2, 0.25) is 0 Å². The molecule has 0 fully saturated rings. The molecule has 0 bridgehead atoms. The Morgan fingerprint density at radius 1 is 0.871 bits per heavy atom. The molecule has 2 rings (SSSR count). The largest absolute Gasteiger partial charge is 0.454 e.